The second-order valence-electron chi connectivity index (χ2n) is 1.86. The molecule has 0 amide bonds. The Morgan fingerprint density at radius 3 is 2.82 bits per heavy atom. The second-order valence-corrected chi connectivity index (χ2v) is 2.88. The van der Waals surface area contributed by atoms with Crippen molar-refractivity contribution in [3.8, 4) is 0 Å². The van der Waals surface area contributed by atoms with E-state index in [4.69, 9.17) is 0 Å². The van der Waals surface area contributed by atoms with Crippen LogP contribution in [-0.2, 0) is 4.79 Å². The fourth-order valence-electron chi connectivity index (χ4n) is 0.669. The maximum Gasteiger partial charge on any atom is 0.209 e. The highest BCUT2D eigenvalue weighted by Gasteiger charge is 1.98. The summed E-state index contributed by atoms with van der Waals surface area (Å²) >= 11 is 1.15. The molecule has 0 N–H and O–H groups in total. The smallest absolute Gasteiger partial charge is 0.209 e. The van der Waals surface area contributed by atoms with Crippen molar-refractivity contribution in [3.63, 3.8) is 0 Å². The first-order valence-corrected chi connectivity index (χ1v) is 4.05. The lowest BCUT2D eigenvalue weighted by atomic mass is 10.3. The molecule has 0 aliphatic rings. The molecular weight excluding hydrogens is 163 g/mol. The van der Waals surface area contributed by atoms with Crippen LogP contribution >= 0.6 is 11.8 Å². The van der Waals surface area contributed by atoms with Crippen LogP contribution in [0, 0.1) is 5.82 Å². The molecule has 57 valence electrons. The Labute approximate surface area is 68.6 Å². The summed E-state index contributed by atoms with van der Waals surface area (Å²) in [5, 5.41) is 0. The third-order valence-corrected chi connectivity index (χ3v) is 2.03. The predicted molar refractivity (Wildman–Crippen MR) is 42.8 cm³/mol. The van der Waals surface area contributed by atoms with Gasteiger partial charge in [-0.1, -0.05) is 12.1 Å². The fourth-order valence-corrected chi connectivity index (χ4v) is 1.26. The van der Waals surface area contributed by atoms with Crippen LogP contribution in [0.5, 0.6) is 0 Å². The number of rotatable bonds is 3. The standard InChI is InChI=1S/C8H6FOS/c9-7-3-1-2-4-8(7)11-6-5-10/h1-4H,6H2. The van der Waals surface area contributed by atoms with Gasteiger partial charge in [-0.3, -0.25) is 4.79 Å². The summed E-state index contributed by atoms with van der Waals surface area (Å²) in [6, 6.07) is 6.35. The monoisotopic (exact) mass is 169 g/mol. The molecule has 0 heterocycles. The molecule has 0 fully saturated rings. The van der Waals surface area contributed by atoms with Crippen LogP contribution in [-0.4, -0.2) is 12.0 Å². The number of thioether (sulfide) groups is 1. The Morgan fingerprint density at radius 2 is 2.18 bits per heavy atom. The van der Waals surface area contributed by atoms with E-state index < -0.39 is 0 Å². The number of carbonyl (C=O) groups excluding carboxylic acids is 1. The minimum atomic E-state index is -0.284. The van der Waals surface area contributed by atoms with Crippen molar-refractivity contribution >= 4 is 18.0 Å². The molecule has 0 unspecified atom stereocenters. The minimum Gasteiger partial charge on any atom is -0.290 e. The van der Waals surface area contributed by atoms with Crippen molar-refractivity contribution in [1.29, 1.82) is 0 Å². The lowest BCUT2D eigenvalue weighted by Crippen LogP contribution is -1.82. The highest BCUT2D eigenvalue weighted by atomic mass is 32.2. The Kier molecular flexibility index (Phi) is 3.11. The zero-order chi connectivity index (χ0) is 8.10. The average Bonchev–Trinajstić information content (AvgIpc) is 2.03. The normalized spacial score (nSPS) is 9.55. The van der Waals surface area contributed by atoms with Crippen molar-refractivity contribution in [3.05, 3.63) is 30.1 Å². The van der Waals surface area contributed by atoms with Gasteiger partial charge < -0.3 is 0 Å². The largest absolute Gasteiger partial charge is 0.290 e. The molecule has 1 aromatic carbocycles. The molecule has 0 saturated carbocycles. The first kappa shape index (κ1) is 8.27. The van der Waals surface area contributed by atoms with Crippen molar-refractivity contribution < 1.29 is 9.18 Å². The Morgan fingerprint density at radius 1 is 1.45 bits per heavy atom. The fraction of sp³-hybridized carbons (Fsp3) is 0.125. The molecule has 3 heteroatoms. The summed E-state index contributed by atoms with van der Waals surface area (Å²) < 4.78 is 12.8. The topological polar surface area (TPSA) is 17.1 Å². The molecule has 11 heavy (non-hydrogen) atoms. The van der Waals surface area contributed by atoms with E-state index in [1.807, 2.05) is 0 Å². The van der Waals surface area contributed by atoms with Crippen molar-refractivity contribution in [2.45, 2.75) is 4.90 Å². The van der Waals surface area contributed by atoms with E-state index in [2.05, 4.69) is 0 Å². The molecule has 1 aromatic rings. The maximum absolute atomic E-state index is 12.8. The van der Waals surface area contributed by atoms with E-state index in [0.29, 0.717) is 4.90 Å². The molecule has 0 aliphatic heterocycles. The van der Waals surface area contributed by atoms with Crippen LogP contribution in [0.2, 0.25) is 0 Å². The molecule has 0 saturated heterocycles. The minimum absolute atomic E-state index is 0.181. The number of halogens is 1. The zero-order valence-corrected chi connectivity index (χ0v) is 6.53. The van der Waals surface area contributed by atoms with E-state index in [1.165, 1.54) is 6.07 Å². The highest BCUT2D eigenvalue weighted by Crippen LogP contribution is 2.19. The van der Waals surface area contributed by atoms with Gasteiger partial charge in [0.25, 0.3) is 0 Å². The van der Waals surface area contributed by atoms with Gasteiger partial charge in [-0.2, -0.15) is 0 Å². The Bertz CT molecular complexity index is 250. The molecule has 0 atom stereocenters. The highest BCUT2D eigenvalue weighted by molar-refractivity contribution is 7.99. The molecule has 1 nitrogen and oxygen atoms in total. The van der Waals surface area contributed by atoms with Crippen LogP contribution in [0.4, 0.5) is 4.39 Å². The summed E-state index contributed by atoms with van der Waals surface area (Å²) in [5.74, 6) is -0.103. The van der Waals surface area contributed by atoms with E-state index >= 15 is 0 Å². The Balaban J connectivity index is 2.69. The molecule has 0 spiro atoms. The van der Waals surface area contributed by atoms with E-state index in [0.717, 1.165) is 11.8 Å². The third-order valence-electron chi connectivity index (χ3n) is 1.12. The van der Waals surface area contributed by atoms with Gasteiger partial charge in [-0.15, -0.1) is 11.8 Å². The molecule has 0 aliphatic carbocycles. The quantitative estimate of drug-likeness (QED) is 0.644. The molecule has 0 aromatic heterocycles. The average molecular weight is 169 g/mol. The summed E-state index contributed by atoms with van der Waals surface area (Å²) in [4.78, 5) is 10.3. The van der Waals surface area contributed by atoms with Gasteiger partial charge in [-0.05, 0) is 12.1 Å². The van der Waals surface area contributed by atoms with Crippen molar-refractivity contribution in [2.75, 3.05) is 5.75 Å². The van der Waals surface area contributed by atoms with Gasteiger partial charge in [0.2, 0.25) is 6.29 Å². The van der Waals surface area contributed by atoms with E-state index in [9.17, 15) is 9.18 Å². The second kappa shape index (κ2) is 4.13. The molecule has 1 rings (SSSR count). The van der Waals surface area contributed by atoms with Crippen molar-refractivity contribution in [2.24, 2.45) is 0 Å². The van der Waals surface area contributed by atoms with Crippen LogP contribution in [0.15, 0.2) is 29.2 Å². The molecular formula is C8H6FOS. The molecule has 1 radical (unpaired) electrons. The van der Waals surface area contributed by atoms with Gasteiger partial charge in [0.05, 0.1) is 5.75 Å². The van der Waals surface area contributed by atoms with Gasteiger partial charge in [0.1, 0.15) is 5.82 Å². The summed E-state index contributed by atoms with van der Waals surface area (Å²) in [6.45, 7) is 0. The predicted octanol–water partition coefficient (Wildman–Crippen LogP) is 2.03. The number of hydrogen-bond donors (Lipinski definition) is 0. The van der Waals surface area contributed by atoms with Crippen LogP contribution in [0.1, 0.15) is 0 Å². The van der Waals surface area contributed by atoms with E-state index in [-0.39, 0.29) is 11.6 Å². The SMILES string of the molecule is O=[C]CSc1ccccc1F. The van der Waals surface area contributed by atoms with Gasteiger partial charge in [0.15, 0.2) is 0 Å². The van der Waals surface area contributed by atoms with Crippen LogP contribution in [0.3, 0.4) is 0 Å². The summed E-state index contributed by atoms with van der Waals surface area (Å²) in [6.07, 6.45) is 1.69. The zero-order valence-electron chi connectivity index (χ0n) is 5.71. The summed E-state index contributed by atoms with van der Waals surface area (Å²) in [5.41, 5.74) is 0. The number of hydrogen-bond acceptors (Lipinski definition) is 2. The lowest BCUT2D eigenvalue weighted by Gasteiger charge is -1.96. The maximum atomic E-state index is 12.8. The van der Waals surface area contributed by atoms with Gasteiger partial charge >= 0.3 is 0 Å². The van der Waals surface area contributed by atoms with Gasteiger partial charge in [0, 0.05) is 4.90 Å². The summed E-state index contributed by atoms with van der Waals surface area (Å²) in [7, 11) is 0. The number of benzene rings is 1. The molecule has 0 bridgehead atoms. The van der Waals surface area contributed by atoms with E-state index in [1.54, 1.807) is 24.5 Å². The van der Waals surface area contributed by atoms with Crippen LogP contribution in [0.25, 0.3) is 0 Å². The third kappa shape index (κ3) is 2.35. The lowest BCUT2D eigenvalue weighted by molar-refractivity contribution is 0.560. The Hall–Kier alpha value is -0.830. The first-order valence-electron chi connectivity index (χ1n) is 3.07. The van der Waals surface area contributed by atoms with Crippen molar-refractivity contribution in [1.82, 2.24) is 0 Å². The van der Waals surface area contributed by atoms with Gasteiger partial charge in [-0.25, -0.2) is 4.39 Å². The first-order chi connectivity index (χ1) is 5.34. The van der Waals surface area contributed by atoms with Crippen LogP contribution < -0.4 is 0 Å².